The van der Waals surface area contributed by atoms with Crippen LogP contribution in [0, 0.1) is 5.92 Å². The molecule has 0 unspecified atom stereocenters. The van der Waals surface area contributed by atoms with Gasteiger partial charge in [-0.3, -0.25) is 4.79 Å². The van der Waals surface area contributed by atoms with Crippen molar-refractivity contribution in [2.75, 3.05) is 21.3 Å². The second-order valence-electron chi connectivity index (χ2n) is 6.15. The minimum atomic E-state index is -0.00414. The van der Waals surface area contributed by atoms with Crippen LogP contribution in [0.1, 0.15) is 39.2 Å². The quantitative estimate of drug-likeness (QED) is 0.758. The summed E-state index contributed by atoms with van der Waals surface area (Å²) in [5, 5.41) is 3.04. The highest BCUT2D eigenvalue weighted by Crippen LogP contribution is 2.38. The first-order valence-corrected chi connectivity index (χ1v) is 7.99. The molecule has 0 aliphatic heterocycles. The molecule has 130 valence electrons. The zero-order chi connectivity index (χ0) is 17.4. The minimum absolute atomic E-state index is 0.00414. The highest BCUT2D eigenvalue weighted by molar-refractivity contribution is 5.79. The van der Waals surface area contributed by atoms with Crippen molar-refractivity contribution < 1.29 is 19.0 Å². The summed E-state index contributed by atoms with van der Waals surface area (Å²) in [6.45, 7) is 6.41. The molecule has 1 N–H and O–H groups in total. The molecule has 0 bridgehead atoms. The van der Waals surface area contributed by atoms with Crippen molar-refractivity contribution in [3.63, 3.8) is 0 Å². The molecule has 23 heavy (non-hydrogen) atoms. The van der Waals surface area contributed by atoms with E-state index >= 15 is 0 Å². The second-order valence-corrected chi connectivity index (χ2v) is 6.15. The summed E-state index contributed by atoms with van der Waals surface area (Å²) in [6, 6.07) is 3.78. The van der Waals surface area contributed by atoms with Crippen LogP contribution in [0.25, 0.3) is 0 Å². The third-order valence-corrected chi connectivity index (χ3v) is 3.67. The fraction of sp³-hybridized carbons (Fsp3) is 0.611. The molecule has 5 heteroatoms. The molecule has 5 nitrogen and oxygen atoms in total. The SMILES string of the molecule is COc1cc(CC(=O)N[C@H](C)CCC(C)C)cc(OC)c1OC. The summed E-state index contributed by atoms with van der Waals surface area (Å²) in [6.07, 6.45) is 2.37. The van der Waals surface area contributed by atoms with Gasteiger partial charge in [0.25, 0.3) is 0 Å². The van der Waals surface area contributed by atoms with Crippen LogP contribution in [0.2, 0.25) is 0 Å². The Balaban J connectivity index is 2.74. The van der Waals surface area contributed by atoms with E-state index in [4.69, 9.17) is 14.2 Å². The maximum Gasteiger partial charge on any atom is 0.224 e. The van der Waals surface area contributed by atoms with Gasteiger partial charge >= 0.3 is 0 Å². The first-order chi connectivity index (χ1) is 10.9. The molecule has 1 atom stereocenters. The van der Waals surface area contributed by atoms with E-state index in [1.54, 1.807) is 33.5 Å². The van der Waals surface area contributed by atoms with Gasteiger partial charge in [0, 0.05) is 6.04 Å². The molecule has 0 aromatic heterocycles. The molecule has 0 aliphatic rings. The third kappa shape index (κ3) is 6.00. The molecule has 1 aromatic carbocycles. The van der Waals surface area contributed by atoms with Crippen LogP contribution < -0.4 is 19.5 Å². The first kappa shape index (κ1) is 19.1. The number of nitrogens with one attached hydrogen (secondary N) is 1. The van der Waals surface area contributed by atoms with Crippen LogP contribution in [0.4, 0.5) is 0 Å². The van der Waals surface area contributed by atoms with Crippen LogP contribution in [0.15, 0.2) is 12.1 Å². The van der Waals surface area contributed by atoms with Gasteiger partial charge in [0.15, 0.2) is 11.5 Å². The van der Waals surface area contributed by atoms with E-state index in [0.29, 0.717) is 23.2 Å². The summed E-state index contributed by atoms with van der Waals surface area (Å²) in [4.78, 5) is 12.2. The predicted octanol–water partition coefficient (Wildman–Crippen LogP) is 3.20. The van der Waals surface area contributed by atoms with Gasteiger partial charge in [0.2, 0.25) is 11.7 Å². The zero-order valence-electron chi connectivity index (χ0n) is 15.1. The summed E-state index contributed by atoms with van der Waals surface area (Å²) >= 11 is 0. The average molecular weight is 323 g/mol. The van der Waals surface area contributed by atoms with Gasteiger partial charge in [-0.05, 0) is 43.4 Å². The zero-order valence-corrected chi connectivity index (χ0v) is 15.1. The third-order valence-electron chi connectivity index (χ3n) is 3.67. The maximum atomic E-state index is 12.2. The van der Waals surface area contributed by atoms with E-state index in [2.05, 4.69) is 19.2 Å². The van der Waals surface area contributed by atoms with Crippen molar-refractivity contribution in [1.82, 2.24) is 5.32 Å². The number of ether oxygens (including phenoxy) is 3. The lowest BCUT2D eigenvalue weighted by atomic mass is 10.0. The van der Waals surface area contributed by atoms with Gasteiger partial charge < -0.3 is 19.5 Å². The van der Waals surface area contributed by atoms with E-state index in [-0.39, 0.29) is 18.4 Å². The van der Waals surface area contributed by atoms with Crippen LogP contribution in [-0.2, 0) is 11.2 Å². The molecule has 1 aromatic rings. The predicted molar refractivity (Wildman–Crippen MR) is 91.5 cm³/mol. The Labute approximate surface area is 139 Å². The van der Waals surface area contributed by atoms with Crippen molar-refractivity contribution >= 4 is 5.91 Å². The van der Waals surface area contributed by atoms with Crippen LogP contribution in [0.5, 0.6) is 17.2 Å². The lowest BCUT2D eigenvalue weighted by Crippen LogP contribution is -2.33. The molecule has 1 amide bonds. The smallest absolute Gasteiger partial charge is 0.224 e. The van der Waals surface area contributed by atoms with Gasteiger partial charge in [-0.15, -0.1) is 0 Å². The van der Waals surface area contributed by atoms with Gasteiger partial charge in [-0.1, -0.05) is 13.8 Å². The molecular formula is C18H29NO4. The van der Waals surface area contributed by atoms with Crippen LogP contribution >= 0.6 is 0 Å². The highest BCUT2D eigenvalue weighted by Gasteiger charge is 2.15. The molecule has 0 saturated heterocycles. The summed E-state index contributed by atoms with van der Waals surface area (Å²) < 4.78 is 15.9. The Morgan fingerprint density at radius 3 is 2.00 bits per heavy atom. The summed E-state index contributed by atoms with van der Waals surface area (Å²) in [5.41, 5.74) is 0.827. The van der Waals surface area contributed by atoms with Crippen molar-refractivity contribution in [2.24, 2.45) is 5.92 Å². The Morgan fingerprint density at radius 2 is 1.57 bits per heavy atom. The van der Waals surface area contributed by atoms with Gasteiger partial charge in [-0.25, -0.2) is 0 Å². The number of benzene rings is 1. The summed E-state index contributed by atoms with van der Waals surface area (Å²) in [7, 11) is 4.69. The fourth-order valence-corrected chi connectivity index (χ4v) is 2.40. The van der Waals surface area contributed by atoms with E-state index < -0.39 is 0 Å². The number of carbonyl (C=O) groups is 1. The second kappa shape index (κ2) is 9.28. The molecule has 0 heterocycles. The first-order valence-electron chi connectivity index (χ1n) is 7.99. The number of methoxy groups -OCH3 is 3. The monoisotopic (exact) mass is 323 g/mol. The Bertz CT molecular complexity index is 489. The van der Waals surface area contributed by atoms with Crippen molar-refractivity contribution in [3.05, 3.63) is 17.7 Å². The Hall–Kier alpha value is -1.91. The van der Waals surface area contributed by atoms with E-state index in [1.807, 2.05) is 6.92 Å². The van der Waals surface area contributed by atoms with Gasteiger partial charge in [0.1, 0.15) is 0 Å². The Kier molecular flexibility index (Phi) is 7.72. The number of amides is 1. The number of carbonyl (C=O) groups excluding carboxylic acids is 1. The van der Waals surface area contributed by atoms with Gasteiger partial charge in [0.05, 0.1) is 27.8 Å². The van der Waals surface area contributed by atoms with Crippen molar-refractivity contribution in [3.8, 4) is 17.2 Å². The van der Waals surface area contributed by atoms with Crippen LogP contribution in [0.3, 0.4) is 0 Å². The molecular weight excluding hydrogens is 294 g/mol. The molecule has 0 saturated carbocycles. The molecule has 0 spiro atoms. The minimum Gasteiger partial charge on any atom is -0.493 e. The van der Waals surface area contributed by atoms with Crippen molar-refractivity contribution in [1.29, 1.82) is 0 Å². The average Bonchev–Trinajstić information content (AvgIpc) is 2.51. The highest BCUT2D eigenvalue weighted by atomic mass is 16.5. The standard InChI is InChI=1S/C18H29NO4/c1-12(2)7-8-13(3)19-17(20)11-14-9-15(21-4)18(23-6)16(10-14)22-5/h9-10,12-13H,7-8,11H2,1-6H3,(H,19,20)/t13-/m1/s1. The molecule has 1 rings (SSSR count). The van der Waals surface area contributed by atoms with Gasteiger partial charge in [-0.2, -0.15) is 0 Å². The van der Waals surface area contributed by atoms with Crippen molar-refractivity contribution in [2.45, 2.75) is 46.1 Å². The fourth-order valence-electron chi connectivity index (χ4n) is 2.40. The van der Waals surface area contributed by atoms with Crippen LogP contribution in [-0.4, -0.2) is 33.3 Å². The summed E-state index contributed by atoms with van der Waals surface area (Å²) in [5.74, 6) is 2.29. The number of rotatable bonds is 9. The Morgan fingerprint density at radius 1 is 1.00 bits per heavy atom. The topological polar surface area (TPSA) is 56.8 Å². The lowest BCUT2D eigenvalue weighted by molar-refractivity contribution is -0.121. The van der Waals surface area contributed by atoms with E-state index in [9.17, 15) is 4.79 Å². The normalized spacial score (nSPS) is 12.0. The van der Waals surface area contributed by atoms with E-state index in [0.717, 1.165) is 18.4 Å². The lowest BCUT2D eigenvalue weighted by Gasteiger charge is -2.16. The largest absolute Gasteiger partial charge is 0.493 e. The maximum absolute atomic E-state index is 12.2. The number of hydrogen-bond acceptors (Lipinski definition) is 4. The molecule has 0 fully saturated rings. The molecule has 0 aliphatic carbocycles. The number of hydrogen-bond donors (Lipinski definition) is 1. The molecule has 0 radical (unpaired) electrons. The van der Waals surface area contributed by atoms with E-state index in [1.165, 1.54) is 0 Å².